The first-order chi connectivity index (χ1) is 13.5. The number of benzene rings is 1. The lowest BCUT2D eigenvalue weighted by atomic mass is 10.2. The molecule has 9 heteroatoms. The minimum Gasteiger partial charge on any atom is -0.465 e. The summed E-state index contributed by atoms with van der Waals surface area (Å²) in [5.41, 5.74) is 0.599. The number of hydrogen-bond donors (Lipinski definition) is 2. The molecule has 2 N–H and O–H groups in total. The third-order valence-electron chi connectivity index (χ3n) is 4.61. The van der Waals surface area contributed by atoms with Gasteiger partial charge in [-0.25, -0.2) is 9.78 Å². The Morgan fingerprint density at radius 2 is 1.93 bits per heavy atom. The summed E-state index contributed by atoms with van der Waals surface area (Å²) in [6, 6.07) is 11.0. The van der Waals surface area contributed by atoms with Crippen molar-refractivity contribution in [1.29, 1.82) is 0 Å². The number of piperazine rings is 1. The summed E-state index contributed by atoms with van der Waals surface area (Å²) in [5, 5.41) is 13.4. The normalized spacial score (nSPS) is 14.3. The molecule has 28 heavy (non-hydrogen) atoms. The molecule has 4 rings (SSSR count). The number of thiophene rings is 1. The number of pyridine rings is 1. The first-order valence-electron chi connectivity index (χ1n) is 8.69. The summed E-state index contributed by atoms with van der Waals surface area (Å²) >= 11 is 7.57. The van der Waals surface area contributed by atoms with Crippen molar-refractivity contribution in [3.63, 3.8) is 0 Å². The van der Waals surface area contributed by atoms with E-state index >= 15 is 0 Å². The first kappa shape index (κ1) is 18.5. The number of hydrogen-bond acceptors (Lipinski definition) is 5. The monoisotopic (exact) mass is 416 g/mol. The molecule has 1 aromatic carbocycles. The van der Waals surface area contributed by atoms with Gasteiger partial charge in [-0.3, -0.25) is 4.79 Å². The Morgan fingerprint density at radius 3 is 2.57 bits per heavy atom. The zero-order valence-corrected chi connectivity index (χ0v) is 16.3. The molecule has 1 aliphatic rings. The number of fused-ring (bicyclic) bond motifs is 1. The topological polar surface area (TPSA) is 85.8 Å². The average Bonchev–Trinajstić information content (AvgIpc) is 3.15. The summed E-state index contributed by atoms with van der Waals surface area (Å²) in [6.07, 6.45) is 0.713. The van der Waals surface area contributed by atoms with Gasteiger partial charge in [0.2, 0.25) is 0 Å². The van der Waals surface area contributed by atoms with Gasteiger partial charge in [-0.05, 0) is 30.3 Å². The van der Waals surface area contributed by atoms with Gasteiger partial charge < -0.3 is 20.2 Å². The minimum atomic E-state index is -0.895. The molecule has 144 valence electrons. The molecule has 1 fully saturated rings. The Kier molecular flexibility index (Phi) is 5.06. The Labute approximate surface area is 170 Å². The molecule has 2 aromatic heterocycles. The smallest absolute Gasteiger partial charge is 0.407 e. The van der Waals surface area contributed by atoms with Crippen molar-refractivity contribution in [3.05, 3.63) is 52.5 Å². The Balaban J connectivity index is 1.42. The highest BCUT2D eigenvalue weighted by molar-refractivity contribution is 7.21. The number of carbonyl (C=O) groups is 2. The zero-order chi connectivity index (χ0) is 19.7. The number of nitrogens with zero attached hydrogens (tertiary/aromatic N) is 3. The molecule has 1 aliphatic heterocycles. The van der Waals surface area contributed by atoms with Crippen molar-refractivity contribution in [3.8, 4) is 0 Å². The van der Waals surface area contributed by atoms with E-state index < -0.39 is 6.09 Å². The maximum atomic E-state index is 12.5. The third-order valence-corrected chi connectivity index (χ3v) is 6.04. The van der Waals surface area contributed by atoms with Crippen LogP contribution in [0.5, 0.6) is 0 Å². The first-order valence-corrected chi connectivity index (χ1v) is 9.89. The molecule has 7 nitrogen and oxygen atoms in total. The van der Waals surface area contributed by atoms with E-state index in [-0.39, 0.29) is 5.91 Å². The summed E-state index contributed by atoms with van der Waals surface area (Å²) in [5.74, 6) is 0.554. The summed E-state index contributed by atoms with van der Waals surface area (Å²) in [4.78, 5) is 31.9. The van der Waals surface area contributed by atoms with Gasteiger partial charge in [0.15, 0.2) is 0 Å². The van der Waals surface area contributed by atoms with Crippen LogP contribution in [0.15, 0.2) is 42.6 Å². The maximum Gasteiger partial charge on any atom is 0.407 e. The molecular weight excluding hydrogens is 400 g/mol. The van der Waals surface area contributed by atoms with Crippen LogP contribution in [0.4, 0.5) is 16.3 Å². The van der Waals surface area contributed by atoms with E-state index in [1.165, 1.54) is 16.2 Å². The number of carboxylic acid groups (broad SMARTS) is 1. The van der Waals surface area contributed by atoms with E-state index in [9.17, 15) is 9.59 Å². The van der Waals surface area contributed by atoms with Crippen LogP contribution in [0.3, 0.4) is 0 Å². The highest BCUT2D eigenvalue weighted by Gasteiger charge is 2.21. The highest BCUT2D eigenvalue weighted by atomic mass is 35.5. The van der Waals surface area contributed by atoms with Gasteiger partial charge in [0.25, 0.3) is 5.91 Å². The SMILES string of the molecule is O=C(Nc1ccc(N2CCN(C(=O)O)CC2)nc1)c1cc2c(Cl)cccc2s1. The van der Waals surface area contributed by atoms with Crippen molar-refractivity contribution in [2.75, 3.05) is 36.4 Å². The van der Waals surface area contributed by atoms with Crippen LogP contribution in [0, 0.1) is 0 Å². The molecule has 0 spiro atoms. The van der Waals surface area contributed by atoms with Crippen molar-refractivity contribution in [1.82, 2.24) is 9.88 Å². The minimum absolute atomic E-state index is 0.207. The molecule has 0 radical (unpaired) electrons. The van der Waals surface area contributed by atoms with Crippen LogP contribution in [0.2, 0.25) is 5.02 Å². The van der Waals surface area contributed by atoms with Gasteiger partial charge in [0.05, 0.1) is 16.8 Å². The van der Waals surface area contributed by atoms with Crippen molar-refractivity contribution < 1.29 is 14.7 Å². The lowest BCUT2D eigenvalue weighted by Gasteiger charge is -2.33. The number of halogens is 1. The van der Waals surface area contributed by atoms with Gasteiger partial charge in [-0.1, -0.05) is 17.7 Å². The van der Waals surface area contributed by atoms with Crippen LogP contribution < -0.4 is 10.2 Å². The second-order valence-corrected chi connectivity index (χ2v) is 7.87. The average molecular weight is 417 g/mol. The third kappa shape index (κ3) is 3.74. The fraction of sp³-hybridized carbons (Fsp3) is 0.211. The van der Waals surface area contributed by atoms with E-state index in [0.717, 1.165) is 15.9 Å². The molecule has 0 atom stereocenters. The quantitative estimate of drug-likeness (QED) is 0.674. The number of nitrogens with one attached hydrogen (secondary N) is 1. The largest absolute Gasteiger partial charge is 0.465 e. The lowest BCUT2D eigenvalue weighted by Crippen LogP contribution is -2.48. The van der Waals surface area contributed by atoms with Gasteiger partial charge in [0, 0.05) is 41.3 Å². The number of carbonyl (C=O) groups excluding carboxylic acids is 1. The summed E-state index contributed by atoms with van der Waals surface area (Å²) in [6.45, 7) is 2.08. The molecule has 0 aliphatic carbocycles. The fourth-order valence-electron chi connectivity index (χ4n) is 3.10. The van der Waals surface area contributed by atoms with Crippen molar-refractivity contribution >= 4 is 56.5 Å². The molecule has 0 unspecified atom stereocenters. The molecule has 0 bridgehead atoms. The highest BCUT2D eigenvalue weighted by Crippen LogP contribution is 2.31. The van der Waals surface area contributed by atoms with E-state index in [1.807, 2.05) is 23.1 Å². The van der Waals surface area contributed by atoms with Crippen LogP contribution in [0.25, 0.3) is 10.1 Å². The molecule has 2 amide bonds. The zero-order valence-electron chi connectivity index (χ0n) is 14.8. The number of anilines is 2. The van der Waals surface area contributed by atoms with Gasteiger partial charge in [-0.2, -0.15) is 0 Å². The van der Waals surface area contributed by atoms with E-state index in [2.05, 4.69) is 10.3 Å². The molecule has 3 aromatic rings. The number of aromatic nitrogens is 1. The van der Waals surface area contributed by atoms with Crippen LogP contribution in [-0.4, -0.2) is 53.2 Å². The van der Waals surface area contributed by atoms with E-state index in [0.29, 0.717) is 41.8 Å². The van der Waals surface area contributed by atoms with Crippen molar-refractivity contribution in [2.24, 2.45) is 0 Å². The summed E-state index contributed by atoms with van der Waals surface area (Å²) < 4.78 is 0.964. The number of amides is 2. The second-order valence-electron chi connectivity index (χ2n) is 6.38. The second kappa shape index (κ2) is 7.65. The van der Waals surface area contributed by atoms with Crippen molar-refractivity contribution in [2.45, 2.75) is 0 Å². The van der Waals surface area contributed by atoms with Crippen LogP contribution >= 0.6 is 22.9 Å². The maximum absolute atomic E-state index is 12.5. The van der Waals surface area contributed by atoms with E-state index in [4.69, 9.17) is 16.7 Å². The predicted octanol–water partition coefficient (Wildman–Crippen LogP) is 4.00. The van der Waals surface area contributed by atoms with Gasteiger partial charge >= 0.3 is 6.09 Å². The van der Waals surface area contributed by atoms with Gasteiger partial charge in [-0.15, -0.1) is 11.3 Å². The molecular formula is C19H17ClN4O3S. The molecule has 3 heterocycles. The van der Waals surface area contributed by atoms with Crippen LogP contribution in [0.1, 0.15) is 9.67 Å². The van der Waals surface area contributed by atoms with Crippen LogP contribution in [-0.2, 0) is 0 Å². The van der Waals surface area contributed by atoms with Gasteiger partial charge in [0.1, 0.15) is 5.82 Å². The molecule has 0 saturated carbocycles. The van der Waals surface area contributed by atoms with E-state index in [1.54, 1.807) is 24.4 Å². The Bertz CT molecular complexity index is 1030. The Morgan fingerprint density at radius 1 is 1.14 bits per heavy atom. The predicted molar refractivity (Wildman–Crippen MR) is 111 cm³/mol. The molecule has 1 saturated heterocycles. The number of rotatable bonds is 3. The standard InChI is InChI=1S/C19H17ClN4O3S/c20-14-2-1-3-15-13(14)10-16(28-15)18(25)22-12-4-5-17(21-11-12)23-6-8-24(9-7-23)19(26)27/h1-5,10-11H,6-9H2,(H,22,25)(H,26,27). The summed E-state index contributed by atoms with van der Waals surface area (Å²) in [7, 11) is 0. The lowest BCUT2D eigenvalue weighted by molar-refractivity contribution is 0.103. The fourth-order valence-corrected chi connectivity index (χ4v) is 4.37. The Hall–Kier alpha value is -2.84.